The quantitative estimate of drug-likeness (QED) is 0.671. The van der Waals surface area contributed by atoms with E-state index < -0.39 is 0 Å². The molecule has 0 heterocycles. The molecule has 1 aromatic rings. The van der Waals surface area contributed by atoms with Crippen LogP contribution < -0.4 is 4.74 Å². The van der Waals surface area contributed by atoms with Crippen molar-refractivity contribution in [3.63, 3.8) is 0 Å². The Hall–Kier alpha value is -1.35. The molecule has 0 bridgehead atoms. The first-order valence-corrected chi connectivity index (χ1v) is 7.17. The number of hydrogen-bond acceptors (Lipinski definition) is 3. The van der Waals surface area contributed by atoms with Gasteiger partial charge in [-0.1, -0.05) is 13.3 Å². The lowest BCUT2D eigenvalue weighted by atomic mass is 10.0. The van der Waals surface area contributed by atoms with E-state index >= 15 is 0 Å². The number of Topliss-reactive ketones (excluding diaryl/α,β-unsaturated/α-hetero) is 1. The number of hydrogen-bond donors (Lipinski definition) is 0. The van der Waals surface area contributed by atoms with Gasteiger partial charge in [-0.25, -0.2) is 0 Å². The lowest BCUT2D eigenvalue weighted by molar-refractivity contribution is 0.0423. The topological polar surface area (TPSA) is 35.5 Å². The first-order valence-electron chi connectivity index (χ1n) is 7.17. The molecule has 0 radical (unpaired) electrons. The predicted molar refractivity (Wildman–Crippen MR) is 74.7 cm³/mol. The van der Waals surface area contributed by atoms with Gasteiger partial charge in [0.15, 0.2) is 5.78 Å². The zero-order chi connectivity index (χ0) is 13.7. The average Bonchev–Trinajstić information content (AvgIpc) is 3.23. The molecule has 0 saturated heterocycles. The maximum Gasteiger partial charge on any atom is 0.191 e. The Kier molecular flexibility index (Phi) is 4.97. The van der Waals surface area contributed by atoms with Gasteiger partial charge in [-0.3, -0.25) is 4.79 Å². The molecule has 1 atom stereocenters. The zero-order valence-corrected chi connectivity index (χ0v) is 11.7. The summed E-state index contributed by atoms with van der Waals surface area (Å²) in [7, 11) is 0. The van der Waals surface area contributed by atoms with E-state index in [1.807, 2.05) is 31.2 Å². The molecular weight excluding hydrogens is 240 g/mol. The summed E-state index contributed by atoms with van der Waals surface area (Å²) < 4.78 is 11.2. The van der Waals surface area contributed by atoms with E-state index in [1.54, 1.807) is 0 Å². The molecule has 0 aromatic heterocycles. The van der Waals surface area contributed by atoms with Gasteiger partial charge in [0.2, 0.25) is 0 Å². The third-order valence-corrected chi connectivity index (χ3v) is 3.18. The standard InChI is InChI=1S/C16H22O3/c1-3-5-15(18-4-2)16(17)12-6-8-13(9-7-12)19-14-10-11-14/h6-9,14-15H,3-5,10-11H2,1-2H3. The molecule has 0 aliphatic heterocycles. The number of benzene rings is 1. The van der Waals surface area contributed by atoms with Crippen molar-refractivity contribution in [1.82, 2.24) is 0 Å². The molecule has 1 saturated carbocycles. The first kappa shape index (κ1) is 14.1. The van der Waals surface area contributed by atoms with Gasteiger partial charge in [-0.2, -0.15) is 0 Å². The molecule has 1 aliphatic rings. The van der Waals surface area contributed by atoms with Crippen LogP contribution in [0.1, 0.15) is 49.9 Å². The number of rotatable bonds is 8. The van der Waals surface area contributed by atoms with Gasteiger partial charge in [0.1, 0.15) is 11.9 Å². The lowest BCUT2D eigenvalue weighted by Gasteiger charge is -2.15. The van der Waals surface area contributed by atoms with Crippen LogP contribution in [0.3, 0.4) is 0 Å². The third-order valence-electron chi connectivity index (χ3n) is 3.18. The minimum atomic E-state index is -0.315. The fourth-order valence-corrected chi connectivity index (χ4v) is 2.02. The molecule has 19 heavy (non-hydrogen) atoms. The smallest absolute Gasteiger partial charge is 0.191 e. The van der Waals surface area contributed by atoms with Crippen LogP contribution in [0.15, 0.2) is 24.3 Å². The van der Waals surface area contributed by atoms with Crippen LogP contribution in [-0.4, -0.2) is 24.6 Å². The summed E-state index contributed by atoms with van der Waals surface area (Å²) in [4.78, 5) is 12.3. The van der Waals surface area contributed by atoms with Crippen molar-refractivity contribution in [1.29, 1.82) is 0 Å². The van der Waals surface area contributed by atoms with E-state index in [2.05, 4.69) is 6.92 Å². The van der Waals surface area contributed by atoms with E-state index in [0.29, 0.717) is 18.3 Å². The Morgan fingerprint density at radius 2 is 1.95 bits per heavy atom. The molecule has 2 rings (SSSR count). The Morgan fingerprint density at radius 3 is 2.47 bits per heavy atom. The molecular formula is C16H22O3. The number of carbonyl (C=O) groups excluding carboxylic acids is 1. The second kappa shape index (κ2) is 6.71. The van der Waals surface area contributed by atoms with Crippen molar-refractivity contribution in [2.75, 3.05) is 6.61 Å². The van der Waals surface area contributed by atoms with Gasteiger partial charge in [-0.05, 0) is 50.5 Å². The molecule has 3 heteroatoms. The van der Waals surface area contributed by atoms with Crippen molar-refractivity contribution in [2.24, 2.45) is 0 Å². The summed E-state index contributed by atoms with van der Waals surface area (Å²) in [5, 5.41) is 0. The van der Waals surface area contributed by atoms with Crippen molar-refractivity contribution in [3.05, 3.63) is 29.8 Å². The van der Waals surface area contributed by atoms with Crippen molar-refractivity contribution in [3.8, 4) is 5.75 Å². The molecule has 1 aliphatic carbocycles. The van der Waals surface area contributed by atoms with E-state index in [1.165, 1.54) is 0 Å². The van der Waals surface area contributed by atoms with Crippen LogP contribution in [0.4, 0.5) is 0 Å². The van der Waals surface area contributed by atoms with E-state index in [0.717, 1.165) is 31.4 Å². The van der Waals surface area contributed by atoms with Crippen LogP contribution in [0.2, 0.25) is 0 Å². The van der Waals surface area contributed by atoms with Crippen molar-refractivity contribution in [2.45, 2.75) is 51.7 Å². The van der Waals surface area contributed by atoms with Crippen molar-refractivity contribution < 1.29 is 14.3 Å². The molecule has 1 fully saturated rings. The molecule has 1 unspecified atom stereocenters. The highest BCUT2D eigenvalue weighted by molar-refractivity contribution is 5.99. The Morgan fingerprint density at radius 1 is 1.26 bits per heavy atom. The first-order chi connectivity index (χ1) is 9.24. The number of carbonyl (C=O) groups is 1. The highest BCUT2D eigenvalue weighted by Crippen LogP contribution is 2.27. The minimum Gasteiger partial charge on any atom is -0.490 e. The number of ketones is 1. The summed E-state index contributed by atoms with van der Waals surface area (Å²) in [5.74, 6) is 0.921. The summed E-state index contributed by atoms with van der Waals surface area (Å²) >= 11 is 0. The summed E-state index contributed by atoms with van der Waals surface area (Å²) in [5.41, 5.74) is 0.704. The SMILES string of the molecule is CCCC(OCC)C(=O)c1ccc(OC2CC2)cc1. The summed E-state index contributed by atoms with van der Waals surface area (Å²) in [6, 6.07) is 7.42. The largest absolute Gasteiger partial charge is 0.490 e. The predicted octanol–water partition coefficient (Wildman–Crippen LogP) is 3.62. The summed E-state index contributed by atoms with van der Waals surface area (Å²) in [6.07, 6.45) is 4.07. The lowest BCUT2D eigenvalue weighted by Crippen LogP contribution is -2.24. The second-order valence-electron chi connectivity index (χ2n) is 4.94. The van der Waals surface area contributed by atoms with Crippen LogP contribution >= 0.6 is 0 Å². The van der Waals surface area contributed by atoms with E-state index in [9.17, 15) is 4.79 Å². The zero-order valence-electron chi connectivity index (χ0n) is 11.7. The van der Waals surface area contributed by atoms with Crippen LogP contribution in [0, 0.1) is 0 Å². The molecule has 0 N–H and O–H groups in total. The van der Waals surface area contributed by atoms with Gasteiger partial charge in [0.25, 0.3) is 0 Å². The van der Waals surface area contributed by atoms with Gasteiger partial charge in [0.05, 0.1) is 6.10 Å². The summed E-state index contributed by atoms with van der Waals surface area (Å²) in [6.45, 7) is 4.55. The molecule has 0 spiro atoms. The Bertz CT molecular complexity index is 401. The Balaban J connectivity index is 1.99. The fraction of sp³-hybridized carbons (Fsp3) is 0.562. The normalized spacial score (nSPS) is 16.1. The fourth-order valence-electron chi connectivity index (χ4n) is 2.02. The minimum absolute atomic E-state index is 0.0710. The Labute approximate surface area is 114 Å². The van der Waals surface area contributed by atoms with E-state index in [4.69, 9.17) is 9.47 Å². The van der Waals surface area contributed by atoms with Crippen molar-refractivity contribution >= 4 is 5.78 Å². The molecule has 104 valence electrons. The maximum atomic E-state index is 12.3. The van der Waals surface area contributed by atoms with Gasteiger partial charge >= 0.3 is 0 Å². The maximum absolute atomic E-state index is 12.3. The molecule has 1 aromatic carbocycles. The third kappa shape index (κ3) is 4.06. The van der Waals surface area contributed by atoms with Crippen LogP contribution in [0.25, 0.3) is 0 Å². The number of ether oxygens (including phenoxy) is 2. The van der Waals surface area contributed by atoms with Gasteiger partial charge in [-0.15, -0.1) is 0 Å². The van der Waals surface area contributed by atoms with Gasteiger partial charge in [0, 0.05) is 12.2 Å². The highest BCUT2D eigenvalue weighted by Gasteiger charge is 2.24. The van der Waals surface area contributed by atoms with E-state index in [-0.39, 0.29) is 11.9 Å². The monoisotopic (exact) mass is 262 g/mol. The second-order valence-corrected chi connectivity index (χ2v) is 4.94. The molecule has 0 amide bonds. The van der Waals surface area contributed by atoms with Crippen LogP contribution in [-0.2, 0) is 4.74 Å². The van der Waals surface area contributed by atoms with Crippen LogP contribution in [0.5, 0.6) is 5.75 Å². The highest BCUT2D eigenvalue weighted by atomic mass is 16.5. The average molecular weight is 262 g/mol. The molecule has 3 nitrogen and oxygen atoms in total. The van der Waals surface area contributed by atoms with Gasteiger partial charge < -0.3 is 9.47 Å².